The molecule has 2 rings (SSSR count). The molecule has 7 nitrogen and oxygen atoms in total. The highest BCUT2D eigenvalue weighted by atomic mass is 32.2. The van der Waals surface area contributed by atoms with E-state index < -0.39 is 22.8 Å². The van der Waals surface area contributed by atoms with Crippen molar-refractivity contribution in [3.63, 3.8) is 0 Å². The number of thioether (sulfide) groups is 1. The highest BCUT2D eigenvalue weighted by Crippen LogP contribution is 2.35. The number of hydrogen-bond acceptors (Lipinski definition) is 7. The van der Waals surface area contributed by atoms with Gasteiger partial charge in [-0.1, -0.05) is 55.9 Å². The van der Waals surface area contributed by atoms with Crippen molar-refractivity contribution < 1.29 is 19.6 Å². The summed E-state index contributed by atoms with van der Waals surface area (Å²) < 4.78 is 0.145. The van der Waals surface area contributed by atoms with Gasteiger partial charge in [0, 0.05) is 12.1 Å². The van der Waals surface area contributed by atoms with Gasteiger partial charge in [0.25, 0.3) is 11.6 Å². The van der Waals surface area contributed by atoms with E-state index in [0.717, 1.165) is 23.1 Å². The van der Waals surface area contributed by atoms with Crippen molar-refractivity contribution in [3.8, 4) is 0 Å². The number of amides is 1. The first kappa shape index (κ1) is 19.1. The van der Waals surface area contributed by atoms with Crippen molar-refractivity contribution in [2.24, 2.45) is 0 Å². The van der Waals surface area contributed by atoms with Crippen molar-refractivity contribution in [1.29, 1.82) is 0 Å². The van der Waals surface area contributed by atoms with Crippen LogP contribution in [0.25, 0.3) is 6.08 Å². The molecule has 25 heavy (non-hydrogen) atoms. The van der Waals surface area contributed by atoms with E-state index in [0.29, 0.717) is 12.0 Å². The molecule has 1 aliphatic heterocycles. The van der Waals surface area contributed by atoms with E-state index in [-0.39, 0.29) is 21.3 Å². The summed E-state index contributed by atoms with van der Waals surface area (Å²) in [6, 6.07) is 4.70. The lowest BCUT2D eigenvalue weighted by Gasteiger charge is -2.27. The zero-order chi connectivity index (χ0) is 18.6. The van der Waals surface area contributed by atoms with Crippen molar-refractivity contribution in [3.05, 3.63) is 44.8 Å². The van der Waals surface area contributed by atoms with Gasteiger partial charge in [-0.2, -0.15) is 0 Å². The molecule has 1 aliphatic rings. The Morgan fingerprint density at radius 3 is 2.80 bits per heavy atom. The minimum absolute atomic E-state index is 0.0974. The van der Waals surface area contributed by atoms with Gasteiger partial charge in [-0.05, 0) is 18.1 Å². The van der Waals surface area contributed by atoms with Gasteiger partial charge in [0.2, 0.25) is 0 Å². The predicted molar refractivity (Wildman–Crippen MR) is 96.4 cm³/mol. The van der Waals surface area contributed by atoms with Gasteiger partial charge in [-0.3, -0.25) is 19.8 Å². The first-order valence-electron chi connectivity index (χ1n) is 7.57. The maximum absolute atomic E-state index is 12.6. The van der Waals surface area contributed by atoms with Gasteiger partial charge >= 0.3 is 0 Å². The number of nitro groups is 1. The number of aliphatic carboxylic acids is 1. The Bertz CT molecular complexity index is 763. The Morgan fingerprint density at radius 2 is 2.20 bits per heavy atom. The molecule has 0 radical (unpaired) electrons. The van der Waals surface area contributed by atoms with Gasteiger partial charge < -0.3 is 9.90 Å². The van der Waals surface area contributed by atoms with Crippen LogP contribution in [0.1, 0.15) is 31.7 Å². The molecule has 1 amide bonds. The fourth-order valence-electron chi connectivity index (χ4n) is 2.38. The fraction of sp³-hybridized carbons (Fsp3) is 0.312. The molecule has 1 aromatic carbocycles. The Morgan fingerprint density at radius 1 is 1.48 bits per heavy atom. The lowest BCUT2D eigenvalue weighted by Crippen LogP contribution is -2.49. The molecular formula is C16H15N2O5S2-. The number of carboxylic acid groups (broad SMARTS) is 1. The molecule has 0 aliphatic carbocycles. The van der Waals surface area contributed by atoms with Gasteiger partial charge in [0.15, 0.2) is 0 Å². The largest absolute Gasteiger partial charge is 0.548 e. The number of hydrogen-bond donors (Lipinski definition) is 0. The fourth-order valence-corrected chi connectivity index (χ4v) is 3.73. The van der Waals surface area contributed by atoms with Gasteiger partial charge in [-0.25, -0.2) is 0 Å². The maximum Gasteiger partial charge on any atom is 0.270 e. The topological polar surface area (TPSA) is 104 Å². The highest BCUT2D eigenvalue weighted by Gasteiger charge is 2.37. The van der Waals surface area contributed by atoms with Crippen LogP contribution in [0.3, 0.4) is 0 Å². The average Bonchev–Trinajstić information content (AvgIpc) is 2.83. The molecule has 0 aromatic heterocycles. The molecule has 1 heterocycles. The lowest BCUT2D eigenvalue weighted by atomic mass is 10.1. The predicted octanol–water partition coefficient (Wildman–Crippen LogP) is 2.10. The van der Waals surface area contributed by atoms with E-state index in [9.17, 15) is 24.8 Å². The number of nitro benzene ring substituents is 1. The number of nitrogens with zero attached hydrogens (tertiary/aromatic N) is 2. The zero-order valence-corrected chi connectivity index (χ0v) is 15.0. The summed E-state index contributed by atoms with van der Waals surface area (Å²) in [6.45, 7) is 1.92. The maximum atomic E-state index is 12.6. The van der Waals surface area contributed by atoms with E-state index in [2.05, 4.69) is 0 Å². The monoisotopic (exact) mass is 379 g/mol. The van der Waals surface area contributed by atoms with Crippen LogP contribution < -0.4 is 5.11 Å². The minimum Gasteiger partial charge on any atom is -0.548 e. The van der Waals surface area contributed by atoms with Crippen molar-refractivity contribution in [2.75, 3.05) is 0 Å². The number of benzene rings is 1. The highest BCUT2D eigenvalue weighted by molar-refractivity contribution is 8.26. The minimum atomic E-state index is -1.35. The number of carbonyl (C=O) groups is 2. The SMILES string of the molecule is CCCC[C@H](C(=O)[O-])N1C(=O)/C(=C/c2cccc([N+](=O)[O-])c2)SC1=S. The first-order valence-corrected chi connectivity index (χ1v) is 8.80. The van der Waals surface area contributed by atoms with Gasteiger partial charge in [0.1, 0.15) is 4.32 Å². The number of unbranched alkanes of at least 4 members (excludes halogenated alkanes) is 1. The van der Waals surface area contributed by atoms with Crippen molar-refractivity contribution in [2.45, 2.75) is 32.2 Å². The number of carboxylic acids is 1. The van der Waals surface area contributed by atoms with Crippen LogP contribution in [0.15, 0.2) is 29.2 Å². The van der Waals surface area contributed by atoms with Crippen LogP contribution in [-0.4, -0.2) is 32.1 Å². The van der Waals surface area contributed by atoms with Gasteiger partial charge in [0.05, 0.1) is 21.8 Å². The summed E-state index contributed by atoms with van der Waals surface area (Å²) in [5.41, 5.74) is 0.369. The molecule has 0 unspecified atom stereocenters. The molecule has 1 aromatic rings. The summed E-state index contributed by atoms with van der Waals surface area (Å²) >= 11 is 6.13. The normalized spacial score (nSPS) is 17.2. The van der Waals surface area contributed by atoms with E-state index >= 15 is 0 Å². The van der Waals surface area contributed by atoms with E-state index in [4.69, 9.17) is 12.2 Å². The molecular weight excluding hydrogens is 364 g/mol. The molecule has 1 atom stereocenters. The van der Waals surface area contributed by atoms with Crippen LogP contribution in [0.5, 0.6) is 0 Å². The molecule has 9 heteroatoms. The number of carbonyl (C=O) groups excluding carboxylic acids is 2. The van der Waals surface area contributed by atoms with E-state index in [1.807, 2.05) is 6.92 Å². The van der Waals surface area contributed by atoms with Crippen molar-refractivity contribution in [1.82, 2.24) is 4.90 Å². The summed E-state index contributed by atoms with van der Waals surface area (Å²) in [5, 5.41) is 22.2. The van der Waals surface area contributed by atoms with Crippen LogP contribution in [0.4, 0.5) is 5.69 Å². The van der Waals surface area contributed by atoms with Crippen LogP contribution in [0, 0.1) is 10.1 Å². The molecule has 1 saturated heterocycles. The molecule has 0 spiro atoms. The third-order valence-corrected chi connectivity index (χ3v) is 4.95. The smallest absolute Gasteiger partial charge is 0.270 e. The third-order valence-electron chi connectivity index (χ3n) is 3.62. The summed E-state index contributed by atoms with van der Waals surface area (Å²) in [7, 11) is 0. The molecule has 0 saturated carbocycles. The van der Waals surface area contributed by atoms with Crippen LogP contribution >= 0.6 is 24.0 Å². The number of non-ortho nitro benzene ring substituents is 1. The average molecular weight is 379 g/mol. The van der Waals surface area contributed by atoms with Crippen LogP contribution in [-0.2, 0) is 9.59 Å². The molecule has 1 fully saturated rings. The lowest BCUT2D eigenvalue weighted by molar-refractivity contribution is -0.384. The second kappa shape index (κ2) is 8.21. The van der Waals surface area contributed by atoms with Crippen LogP contribution in [0.2, 0.25) is 0 Å². The summed E-state index contributed by atoms with van der Waals surface area (Å²) in [5.74, 6) is -1.87. The second-order valence-electron chi connectivity index (χ2n) is 5.38. The zero-order valence-electron chi connectivity index (χ0n) is 13.3. The second-order valence-corrected chi connectivity index (χ2v) is 7.06. The van der Waals surface area contributed by atoms with E-state index in [1.165, 1.54) is 24.3 Å². The van der Waals surface area contributed by atoms with E-state index in [1.54, 1.807) is 6.07 Å². The standard InChI is InChI=1S/C16H16N2O5S2/c1-2-3-7-12(15(20)21)17-14(19)13(25-16(17)24)9-10-5-4-6-11(8-10)18(22)23/h4-6,8-9,12H,2-3,7H2,1H3,(H,20,21)/p-1/b13-9-/t12-/m1/s1. The quantitative estimate of drug-likeness (QED) is 0.309. The Labute approximate surface area is 153 Å². The molecule has 0 bridgehead atoms. The van der Waals surface area contributed by atoms with Gasteiger partial charge in [-0.15, -0.1) is 0 Å². The Hall–Kier alpha value is -2.26. The summed E-state index contributed by atoms with van der Waals surface area (Å²) in [4.78, 5) is 35.6. The Kier molecular flexibility index (Phi) is 6.27. The first-order chi connectivity index (χ1) is 11.8. The molecule has 0 N–H and O–H groups in total. The number of rotatable bonds is 7. The number of thiocarbonyl (C=S) groups is 1. The molecule has 132 valence electrons. The third kappa shape index (κ3) is 4.43. The van der Waals surface area contributed by atoms with Crippen molar-refractivity contribution >= 4 is 51.9 Å². The Balaban J connectivity index is 2.29. The summed E-state index contributed by atoms with van der Waals surface area (Å²) in [6.07, 6.45) is 3.13.